The van der Waals surface area contributed by atoms with Crippen LogP contribution < -0.4 is 5.73 Å². The van der Waals surface area contributed by atoms with E-state index in [0.29, 0.717) is 6.04 Å². The van der Waals surface area contributed by atoms with Gasteiger partial charge in [-0.25, -0.2) is 0 Å². The smallest absolute Gasteiger partial charge is 0.254 e. The van der Waals surface area contributed by atoms with Gasteiger partial charge in [-0.05, 0) is 49.3 Å². The molecule has 0 atom stereocenters. The molecule has 0 saturated heterocycles. The van der Waals surface area contributed by atoms with Gasteiger partial charge in [0, 0.05) is 23.7 Å². The van der Waals surface area contributed by atoms with E-state index in [4.69, 9.17) is 5.73 Å². The van der Waals surface area contributed by atoms with Crippen molar-refractivity contribution in [3.05, 3.63) is 34.9 Å². The Kier molecular flexibility index (Phi) is 1.97. The lowest BCUT2D eigenvalue weighted by Crippen LogP contribution is -2.26. The summed E-state index contributed by atoms with van der Waals surface area (Å²) in [5, 5.41) is 0. The van der Waals surface area contributed by atoms with Gasteiger partial charge in [0.05, 0.1) is 0 Å². The molecule has 0 radical (unpaired) electrons. The molecule has 18 heavy (non-hydrogen) atoms. The van der Waals surface area contributed by atoms with Crippen LogP contribution in [0.1, 0.15) is 47.2 Å². The topological polar surface area (TPSA) is 46.3 Å². The summed E-state index contributed by atoms with van der Waals surface area (Å²) < 4.78 is 0. The van der Waals surface area contributed by atoms with Crippen LogP contribution in [0, 0.1) is 0 Å². The minimum Gasteiger partial charge on any atom is -0.331 e. The molecule has 3 nitrogen and oxygen atoms in total. The van der Waals surface area contributed by atoms with Crippen molar-refractivity contribution < 1.29 is 4.79 Å². The molecule has 0 bridgehead atoms. The van der Waals surface area contributed by atoms with Crippen molar-refractivity contribution in [3.63, 3.8) is 0 Å². The summed E-state index contributed by atoms with van der Waals surface area (Å²) in [6.07, 6.45) is 5.51. The zero-order valence-corrected chi connectivity index (χ0v) is 10.5. The molecule has 1 aliphatic heterocycles. The Morgan fingerprint density at radius 1 is 1.33 bits per heavy atom. The number of fused-ring (bicyclic) bond motifs is 1. The number of carbonyl (C=O) groups is 1. The van der Waals surface area contributed by atoms with E-state index < -0.39 is 0 Å². The molecule has 2 saturated carbocycles. The van der Waals surface area contributed by atoms with Crippen LogP contribution >= 0.6 is 0 Å². The van der Waals surface area contributed by atoms with Crippen LogP contribution in [0.15, 0.2) is 18.2 Å². The van der Waals surface area contributed by atoms with E-state index in [1.54, 1.807) is 0 Å². The monoisotopic (exact) mass is 242 g/mol. The molecule has 0 unspecified atom stereocenters. The summed E-state index contributed by atoms with van der Waals surface area (Å²) in [6.45, 7) is 0.812. The SMILES string of the molecule is NC1(Cc2ccc3c(c2)C(=O)N(C2CC2)C3)CC1. The van der Waals surface area contributed by atoms with E-state index in [9.17, 15) is 4.79 Å². The number of hydrogen-bond donors (Lipinski definition) is 1. The van der Waals surface area contributed by atoms with Crippen LogP contribution in [0.4, 0.5) is 0 Å². The zero-order valence-electron chi connectivity index (χ0n) is 10.5. The second-order valence-corrected chi connectivity index (χ2v) is 6.19. The Balaban J connectivity index is 1.62. The molecule has 2 N–H and O–H groups in total. The van der Waals surface area contributed by atoms with Crippen LogP contribution in [0.5, 0.6) is 0 Å². The average molecular weight is 242 g/mol. The van der Waals surface area contributed by atoms with Crippen LogP contribution in [0.2, 0.25) is 0 Å². The number of benzene rings is 1. The van der Waals surface area contributed by atoms with Gasteiger partial charge in [-0.1, -0.05) is 12.1 Å². The zero-order chi connectivity index (χ0) is 12.3. The summed E-state index contributed by atoms with van der Waals surface area (Å²) in [5.41, 5.74) is 9.50. The van der Waals surface area contributed by atoms with Gasteiger partial charge in [0.25, 0.3) is 5.91 Å². The third-order valence-electron chi connectivity index (χ3n) is 4.44. The summed E-state index contributed by atoms with van der Waals surface area (Å²) in [4.78, 5) is 14.3. The highest BCUT2D eigenvalue weighted by atomic mass is 16.2. The van der Waals surface area contributed by atoms with Crippen molar-refractivity contribution in [1.29, 1.82) is 0 Å². The largest absolute Gasteiger partial charge is 0.331 e. The average Bonchev–Trinajstić information content (AvgIpc) is 3.25. The van der Waals surface area contributed by atoms with Gasteiger partial charge in [0.1, 0.15) is 0 Å². The molecule has 0 aromatic heterocycles. The molecule has 1 aromatic carbocycles. The quantitative estimate of drug-likeness (QED) is 0.879. The fourth-order valence-electron chi connectivity index (χ4n) is 2.91. The fraction of sp³-hybridized carbons (Fsp3) is 0.533. The number of hydrogen-bond acceptors (Lipinski definition) is 2. The molecular weight excluding hydrogens is 224 g/mol. The minimum atomic E-state index is 0.0199. The second kappa shape index (κ2) is 3.35. The maximum Gasteiger partial charge on any atom is 0.254 e. The number of carbonyl (C=O) groups excluding carboxylic acids is 1. The van der Waals surface area contributed by atoms with Crippen molar-refractivity contribution in [2.24, 2.45) is 5.73 Å². The van der Waals surface area contributed by atoms with E-state index in [1.807, 2.05) is 4.90 Å². The van der Waals surface area contributed by atoms with Crippen LogP contribution in [-0.4, -0.2) is 22.4 Å². The highest BCUT2D eigenvalue weighted by molar-refractivity contribution is 5.98. The van der Waals surface area contributed by atoms with Crippen LogP contribution in [0.25, 0.3) is 0 Å². The number of nitrogens with zero attached hydrogens (tertiary/aromatic N) is 1. The highest BCUT2D eigenvalue weighted by Crippen LogP contribution is 2.38. The second-order valence-electron chi connectivity index (χ2n) is 6.19. The number of rotatable bonds is 3. The van der Waals surface area contributed by atoms with E-state index >= 15 is 0 Å². The summed E-state index contributed by atoms with van der Waals surface area (Å²) in [6, 6.07) is 6.86. The Hall–Kier alpha value is -1.35. The highest BCUT2D eigenvalue weighted by Gasteiger charge is 2.40. The van der Waals surface area contributed by atoms with E-state index in [1.165, 1.54) is 24.0 Å². The number of amides is 1. The minimum absolute atomic E-state index is 0.0199. The van der Waals surface area contributed by atoms with Crippen molar-refractivity contribution in [2.75, 3.05) is 0 Å². The van der Waals surface area contributed by atoms with Crippen molar-refractivity contribution in [1.82, 2.24) is 4.90 Å². The first-order valence-corrected chi connectivity index (χ1v) is 6.86. The molecule has 0 spiro atoms. The van der Waals surface area contributed by atoms with Gasteiger partial charge >= 0.3 is 0 Å². The Morgan fingerprint density at radius 3 is 2.78 bits per heavy atom. The maximum atomic E-state index is 12.3. The van der Waals surface area contributed by atoms with Gasteiger partial charge in [0.15, 0.2) is 0 Å². The summed E-state index contributed by atoms with van der Waals surface area (Å²) in [5.74, 6) is 0.233. The Morgan fingerprint density at radius 2 is 2.11 bits per heavy atom. The molecule has 94 valence electrons. The molecule has 1 amide bonds. The Labute approximate surface area is 107 Å². The van der Waals surface area contributed by atoms with Gasteiger partial charge in [-0.3, -0.25) is 4.79 Å². The molecule has 2 fully saturated rings. The molecule has 3 aliphatic rings. The predicted octanol–water partition coefficient (Wildman–Crippen LogP) is 1.84. The van der Waals surface area contributed by atoms with Gasteiger partial charge in [-0.2, -0.15) is 0 Å². The van der Waals surface area contributed by atoms with Crippen molar-refractivity contribution in [3.8, 4) is 0 Å². The van der Waals surface area contributed by atoms with E-state index in [0.717, 1.165) is 31.4 Å². The van der Waals surface area contributed by atoms with E-state index in [-0.39, 0.29) is 11.4 Å². The molecule has 3 heteroatoms. The van der Waals surface area contributed by atoms with Crippen LogP contribution in [-0.2, 0) is 13.0 Å². The molecule has 4 rings (SSSR count). The first kappa shape index (κ1) is 10.6. The molecule has 2 aliphatic carbocycles. The Bertz CT molecular complexity index is 529. The molecule has 1 aromatic rings. The lowest BCUT2D eigenvalue weighted by molar-refractivity contribution is 0.0766. The van der Waals surface area contributed by atoms with Crippen LogP contribution in [0.3, 0.4) is 0 Å². The molecular formula is C15H18N2O. The normalized spacial score (nSPS) is 24.3. The third kappa shape index (κ3) is 1.65. The first-order chi connectivity index (χ1) is 8.65. The maximum absolute atomic E-state index is 12.3. The summed E-state index contributed by atoms with van der Waals surface area (Å²) in [7, 11) is 0. The lowest BCUT2D eigenvalue weighted by atomic mass is 10.00. The molecule has 1 heterocycles. The van der Waals surface area contributed by atoms with Gasteiger partial charge < -0.3 is 10.6 Å². The fourth-order valence-corrected chi connectivity index (χ4v) is 2.91. The van der Waals surface area contributed by atoms with Gasteiger partial charge in [0.2, 0.25) is 0 Å². The lowest BCUT2D eigenvalue weighted by Gasteiger charge is -2.13. The standard InChI is InChI=1S/C15H18N2O/c16-15(5-6-15)8-10-1-2-11-9-17(12-3-4-12)14(18)13(11)7-10/h1-2,7,12H,3-6,8-9,16H2. The van der Waals surface area contributed by atoms with Crippen molar-refractivity contribution >= 4 is 5.91 Å². The van der Waals surface area contributed by atoms with Crippen molar-refractivity contribution in [2.45, 2.75) is 50.2 Å². The number of nitrogens with two attached hydrogens (primary N) is 1. The van der Waals surface area contributed by atoms with E-state index in [2.05, 4.69) is 18.2 Å². The first-order valence-electron chi connectivity index (χ1n) is 6.86. The van der Waals surface area contributed by atoms with Gasteiger partial charge in [-0.15, -0.1) is 0 Å². The summed E-state index contributed by atoms with van der Waals surface area (Å²) >= 11 is 0. The predicted molar refractivity (Wildman–Crippen MR) is 69.2 cm³/mol. The third-order valence-corrected chi connectivity index (χ3v) is 4.44.